The van der Waals surface area contributed by atoms with E-state index in [1.54, 1.807) is 18.5 Å². The number of aliphatic hydroxyl groups excluding tert-OH is 1. The highest BCUT2D eigenvalue weighted by molar-refractivity contribution is 6.33. The summed E-state index contributed by atoms with van der Waals surface area (Å²) >= 11 is 6.31. The number of amides is 1. The second-order valence-electron chi connectivity index (χ2n) is 7.13. The van der Waals surface area contributed by atoms with Crippen LogP contribution in [0.3, 0.4) is 0 Å². The molecule has 0 fully saturated rings. The van der Waals surface area contributed by atoms with Crippen molar-refractivity contribution in [3.8, 4) is 11.1 Å². The van der Waals surface area contributed by atoms with E-state index in [0.29, 0.717) is 10.7 Å². The number of halogens is 1. The van der Waals surface area contributed by atoms with Crippen LogP contribution in [-0.4, -0.2) is 39.7 Å². The smallest absolute Gasteiger partial charge is 0.268 e. The van der Waals surface area contributed by atoms with Crippen LogP contribution < -0.4 is 10.6 Å². The van der Waals surface area contributed by atoms with Crippen molar-refractivity contribution in [3.63, 3.8) is 0 Å². The molecule has 6 nitrogen and oxygen atoms in total. The van der Waals surface area contributed by atoms with Crippen LogP contribution in [0, 0.1) is 5.92 Å². The molecule has 0 saturated heterocycles. The number of hydrogen-bond donors (Lipinski definition) is 4. The Morgan fingerprint density at radius 3 is 2.89 bits per heavy atom. The van der Waals surface area contributed by atoms with Crippen LogP contribution in [-0.2, 0) is 0 Å². The molecule has 2 atom stereocenters. The number of nitrogens with one attached hydrogen (secondary N) is 3. The second kappa shape index (κ2) is 9.08. The van der Waals surface area contributed by atoms with Gasteiger partial charge in [0.25, 0.3) is 5.91 Å². The van der Waals surface area contributed by atoms with Crippen LogP contribution in [0.5, 0.6) is 0 Å². The van der Waals surface area contributed by atoms with Crippen LogP contribution in [0.15, 0.2) is 48.8 Å². The molecule has 2 aromatic rings. The predicted octanol–water partition coefficient (Wildman–Crippen LogP) is 3.77. The Morgan fingerprint density at radius 2 is 2.21 bits per heavy atom. The molecular formula is C21H25ClN4O2. The van der Waals surface area contributed by atoms with Gasteiger partial charge in [0.15, 0.2) is 0 Å². The van der Waals surface area contributed by atoms with E-state index >= 15 is 0 Å². The minimum absolute atomic E-state index is 0.0766. The van der Waals surface area contributed by atoms with Gasteiger partial charge in [-0.15, -0.1) is 0 Å². The van der Waals surface area contributed by atoms with Gasteiger partial charge in [0, 0.05) is 35.5 Å². The van der Waals surface area contributed by atoms with E-state index in [-0.39, 0.29) is 30.5 Å². The molecule has 28 heavy (non-hydrogen) atoms. The molecule has 7 heteroatoms. The first-order chi connectivity index (χ1) is 13.5. The maximum Gasteiger partial charge on any atom is 0.268 e. The summed E-state index contributed by atoms with van der Waals surface area (Å²) < 4.78 is 0. The monoisotopic (exact) mass is 400 g/mol. The maximum atomic E-state index is 12.6. The summed E-state index contributed by atoms with van der Waals surface area (Å²) in [7, 11) is 0. The van der Waals surface area contributed by atoms with E-state index in [1.165, 1.54) is 0 Å². The number of nitrogens with zero attached hydrogens (tertiary/aromatic N) is 1. The lowest BCUT2D eigenvalue weighted by atomic mass is 9.93. The molecule has 4 N–H and O–H groups in total. The normalized spacial score (nSPS) is 17.0. The summed E-state index contributed by atoms with van der Waals surface area (Å²) in [6.07, 6.45) is 12.1. The number of anilines is 1. The summed E-state index contributed by atoms with van der Waals surface area (Å²) in [6, 6.07) is 3.52. The molecule has 0 bridgehead atoms. The first kappa shape index (κ1) is 20.2. The fraction of sp³-hybridized carbons (Fsp3) is 0.333. The molecule has 0 aromatic carbocycles. The van der Waals surface area contributed by atoms with Crippen LogP contribution in [0.1, 0.15) is 30.8 Å². The Balaban J connectivity index is 1.75. The van der Waals surface area contributed by atoms with Gasteiger partial charge >= 0.3 is 0 Å². The van der Waals surface area contributed by atoms with Gasteiger partial charge < -0.3 is 20.7 Å². The van der Waals surface area contributed by atoms with Crippen molar-refractivity contribution in [1.29, 1.82) is 0 Å². The van der Waals surface area contributed by atoms with Crippen molar-refractivity contribution in [3.05, 3.63) is 59.5 Å². The largest absolute Gasteiger partial charge is 0.394 e. The number of aliphatic hydroxyl groups is 1. The van der Waals surface area contributed by atoms with E-state index in [4.69, 9.17) is 11.6 Å². The van der Waals surface area contributed by atoms with Crippen molar-refractivity contribution in [2.45, 2.75) is 32.4 Å². The topological polar surface area (TPSA) is 90.0 Å². The fourth-order valence-corrected chi connectivity index (χ4v) is 3.36. The Hall–Kier alpha value is -2.57. The first-order valence-electron chi connectivity index (χ1n) is 9.34. The van der Waals surface area contributed by atoms with Gasteiger partial charge in [-0.1, -0.05) is 35.9 Å². The van der Waals surface area contributed by atoms with Crippen molar-refractivity contribution < 1.29 is 9.90 Å². The number of aromatic amines is 1. The van der Waals surface area contributed by atoms with E-state index in [0.717, 1.165) is 23.4 Å². The molecule has 1 aliphatic carbocycles. The molecule has 0 aliphatic heterocycles. The van der Waals surface area contributed by atoms with Crippen molar-refractivity contribution in [2.24, 2.45) is 5.92 Å². The third-order valence-electron chi connectivity index (χ3n) is 4.57. The standard InChI is InChI=1S/C21H25ClN4O2/c1-13(2)25-20-9-16(17(22)11-24-20)15-8-18(23-10-15)21(28)26-19(12-27)14-6-4-3-5-7-14/h3-6,8-11,13-14,19,23,27H,7,12H2,1-2H3,(H,24,25)(H,26,28)/t14?,19-/m1/s1. The number of rotatable bonds is 7. The summed E-state index contributed by atoms with van der Waals surface area (Å²) in [5.41, 5.74) is 2.00. The zero-order valence-corrected chi connectivity index (χ0v) is 16.7. The Labute approximate surface area is 169 Å². The summed E-state index contributed by atoms with van der Waals surface area (Å²) in [5.74, 6) is 0.533. The molecule has 0 saturated carbocycles. The van der Waals surface area contributed by atoms with Gasteiger partial charge in [-0.2, -0.15) is 0 Å². The number of carbonyl (C=O) groups excluding carboxylic acids is 1. The lowest BCUT2D eigenvalue weighted by molar-refractivity contribution is 0.0895. The number of aromatic nitrogens is 2. The third kappa shape index (κ3) is 4.82. The SMILES string of the molecule is CC(C)Nc1cc(-c2c[nH]c(C(=O)N[C@H](CO)C3C=CC=CC3)c2)c(Cl)cn1. The average molecular weight is 401 g/mol. The van der Waals surface area contributed by atoms with Gasteiger partial charge in [-0.25, -0.2) is 4.98 Å². The highest BCUT2D eigenvalue weighted by atomic mass is 35.5. The molecule has 1 amide bonds. The van der Waals surface area contributed by atoms with Crippen LogP contribution in [0.25, 0.3) is 11.1 Å². The molecular weight excluding hydrogens is 376 g/mol. The Morgan fingerprint density at radius 1 is 1.39 bits per heavy atom. The summed E-state index contributed by atoms with van der Waals surface area (Å²) in [6.45, 7) is 3.94. The van der Waals surface area contributed by atoms with E-state index in [1.807, 2.05) is 44.2 Å². The van der Waals surface area contributed by atoms with Gasteiger partial charge in [-0.05, 0) is 32.4 Å². The quantitative estimate of drug-likeness (QED) is 0.569. The van der Waals surface area contributed by atoms with E-state index < -0.39 is 0 Å². The van der Waals surface area contributed by atoms with Gasteiger partial charge in [0.2, 0.25) is 0 Å². The molecule has 1 unspecified atom stereocenters. The Kier molecular flexibility index (Phi) is 6.54. The number of H-pyrrole nitrogens is 1. The Bertz CT molecular complexity index is 888. The van der Waals surface area contributed by atoms with Crippen LogP contribution in [0.4, 0.5) is 5.82 Å². The zero-order chi connectivity index (χ0) is 20.1. The lowest BCUT2D eigenvalue weighted by Gasteiger charge is -2.24. The van der Waals surface area contributed by atoms with Crippen molar-refractivity contribution >= 4 is 23.3 Å². The lowest BCUT2D eigenvalue weighted by Crippen LogP contribution is -2.42. The maximum absolute atomic E-state index is 12.6. The predicted molar refractivity (Wildman–Crippen MR) is 113 cm³/mol. The molecule has 0 spiro atoms. The van der Waals surface area contributed by atoms with E-state index in [2.05, 4.69) is 20.6 Å². The molecule has 148 valence electrons. The minimum Gasteiger partial charge on any atom is -0.394 e. The highest BCUT2D eigenvalue weighted by Gasteiger charge is 2.22. The average Bonchev–Trinajstić information content (AvgIpc) is 3.18. The summed E-state index contributed by atoms with van der Waals surface area (Å²) in [4.78, 5) is 19.9. The number of hydrogen-bond acceptors (Lipinski definition) is 4. The molecule has 0 radical (unpaired) electrons. The zero-order valence-electron chi connectivity index (χ0n) is 15.9. The minimum atomic E-state index is -0.341. The van der Waals surface area contributed by atoms with Gasteiger partial charge in [-0.3, -0.25) is 4.79 Å². The highest BCUT2D eigenvalue weighted by Crippen LogP contribution is 2.30. The third-order valence-corrected chi connectivity index (χ3v) is 4.88. The molecule has 3 rings (SSSR count). The van der Waals surface area contributed by atoms with Crippen LogP contribution in [0.2, 0.25) is 5.02 Å². The van der Waals surface area contributed by atoms with Crippen LogP contribution >= 0.6 is 11.6 Å². The number of carbonyl (C=O) groups is 1. The van der Waals surface area contributed by atoms with E-state index in [9.17, 15) is 9.90 Å². The number of allylic oxidation sites excluding steroid dienone is 3. The second-order valence-corrected chi connectivity index (χ2v) is 7.53. The first-order valence-corrected chi connectivity index (χ1v) is 9.71. The molecule has 2 aromatic heterocycles. The number of pyridine rings is 1. The van der Waals surface area contributed by atoms with Gasteiger partial charge in [0.1, 0.15) is 11.5 Å². The molecule has 2 heterocycles. The van der Waals surface area contributed by atoms with Gasteiger partial charge in [0.05, 0.1) is 17.7 Å². The van der Waals surface area contributed by atoms with Crippen molar-refractivity contribution in [1.82, 2.24) is 15.3 Å². The fourth-order valence-electron chi connectivity index (χ4n) is 3.15. The molecule has 1 aliphatic rings. The van der Waals surface area contributed by atoms with Crippen molar-refractivity contribution in [2.75, 3.05) is 11.9 Å². The summed E-state index contributed by atoms with van der Waals surface area (Å²) in [5, 5.41) is 16.3.